The first-order valence-corrected chi connectivity index (χ1v) is 16.3. The van der Waals surface area contributed by atoms with Crippen LogP contribution in [0.25, 0.3) is 17.3 Å². The minimum atomic E-state index is -0.488. The second kappa shape index (κ2) is 15.3. The van der Waals surface area contributed by atoms with Crippen LogP contribution in [0.5, 0.6) is 0 Å². The van der Waals surface area contributed by atoms with Crippen LogP contribution in [0.1, 0.15) is 34.8 Å². The molecule has 7 nitrogen and oxygen atoms in total. The van der Waals surface area contributed by atoms with Crippen LogP contribution in [0.4, 0.5) is 15.2 Å². The Morgan fingerprint density at radius 3 is 2.37 bits per heavy atom. The maximum absolute atomic E-state index is 13.5. The monoisotopic (exact) mass is 650 g/mol. The number of nitrogens with zero attached hydrogens (tertiary/aromatic N) is 1. The van der Waals surface area contributed by atoms with Crippen molar-refractivity contribution in [1.82, 2.24) is 10.3 Å². The molecule has 0 radical (unpaired) electrons. The normalized spacial score (nSPS) is 11.8. The number of hydrogen-bond donors (Lipinski definition) is 3. The number of aryl methyl sites for hydroxylation is 1. The summed E-state index contributed by atoms with van der Waals surface area (Å²) in [7, 11) is 0. The van der Waals surface area contributed by atoms with Gasteiger partial charge in [-0.05, 0) is 79.6 Å². The molecule has 0 aliphatic carbocycles. The van der Waals surface area contributed by atoms with Crippen molar-refractivity contribution in [3.63, 3.8) is 0 Å². The highest BCUT2D eigenvalue weighted by Crippen LogP contribution is 2.30. The van der Waals surface area contributed by atoms with Gasteiger partial charge in [0.1, 0.15) is 11.5 Å². The summed E-state index contributed by atoms with van der Waals surface area (Å²) >= 11 is 2.67. The number of carbonyl (C=O) groups is 3. The van der Waals surface area contributed by atoms with E-state index in [1.54, 1.807) is 60.7 Å². The fourth-order valence-corrected chi connectivity index (χ4v) is 6.11. The third kappa shape index (κ3) is 8.77. The molecule has 232 valence electrons. The van der Waals surface area contributed by atoms with E-state index in [-0.39, 0.29) is 17.4 Å². The van der Waals surface area contributed by atoms with Crippen LogP contribution in [0, 0.1) is 12.7 Å². The number of thioether (sulfide) groups is 1. The molecule has 0 spiro atoms. The van der Waals surface area contributed by atoms with Crippen LogP contribution >= 0.6 is 23.1 Å². The number of aromatic nitrogens is 1. The van der Waals surface area contributed by atoms with E-state index in [9.17, 15) is 18.8 Å². The average Bonchev–Trinajstić information content (AvgIpc) is 3.53. The van der Waals surface area contributed by atoms with Crippen molar-refractivity contribution in [1.29, 1.82) is 0 Å². The molecule has 0 fully saturated rings. The highest BCUT2D eigenvalue weighted by molar-refractivity contribution is 8.00. The summed E-state index contributed by atoms with van der Waals surface area (Å²) < 4.78 is 13.3. The van der Waals surface area contributed by atoms with E-state index < -0.39 is 17.1 Å². The average molecular weight is 651 g/mol. The molecule has 0 saturated carbocycles. The zero-order valence-electron chi connectivity index (χ0n) is 25.1. The first-order chi connectivity index (χ1) is 22.3. The van der Waals surface area contributed by atoms with Crippen molar-refractivity contribution >= 4 is 57.7 Å². The summed E-state index contributed by atoms with van der Waals surface area (Å²) in [5, 5.41) is 10.4. The Morgan fingerprint density at radius 1 is 0.913 bits per heavy atom. The van der Waals surface area contributed by atoms with E-state index >= 15 is 0 Å². The van der Waals surface area contributed by atoms with Gasteiger partial charge in [-0.15, -0.1) is 23.1 Å². The molecule has 1 unspecified atom stereocenters. The minimum Gasteiger partial charge on any atom is -0.321 e. The zero-order valence-corrected chi connectivity index (χ0v) is 26.8. The first kappa shape index (κ1) is 32.3. The first-order valence-electron chi connectivity index (χ1n) is 14.5. The van der Waals surface area contributed by atoms with E-state index in [1.165, 1.54) is 35.2 Å². The van der Waals surface area contributed by atoms with E-state index in [0.29, 0.717) is 28.5 Å². The number of amides is 3. The third-order valence-electron chi connectivity index (χ3n) is 6.82. The Bertz CT molecular complexity index is 1860. The van der Waals surface area contributed by atoms with Crippen molar-refractivity contribution in [3.8, 4) is 11.3 Å². The van der Waals surface area contributed by atoms with E-state index in [0.717, 1.165) is 21.6 Å². The highest BCUT2D eigenvalue weighted by Gasteiger charge is 2.20. The lowest BCUT2D eigenvalue weighted by Crippen LogP contribution is -2.30. The zero-order chi connectivity index (χ0) is 32.5. The molecular weight excluding hydrogens is 620 g/mol. The fraction of sp³-hybridized carbons (Fsp3) is 0.111. The molecule has 1 heterocycles. The lowest BCUT2D eigenvalue weighted by Gasteiger charge is -2.15. The molecule has 0 bridgehead atoms. The third-order valence-corrected chi connectivity index (χ3v) is 8.94. The SMILES string of the molecule is CCC(Sc1cccc(NC(=O)/C(=C/c2ccc(C)cc2)NC(=O)c2ccccc2)c1)C(=O)Nc1nc(-c2ccc(F)cc2)cs1. The smallest absolute Gasteiger partial charge is 0.272 e. The van der Waals surface area contributed by atoms with Crippen molar-refractivity contribution in [3.05, 3.63) is 137 Å². The largest absolute Gasteiger partial charge is 0.321 e. The van der Waals surface area contributed by atoms with Crippen LogP contribution in [0.15, 0.2) is 119 Å². The molecule has 1 aromatic heterocycles. The Hall–Kier alpha value is -5.06. The van der Waals surface area contributed by atoms with Crippen LogP contribution in [0.3, 0.4) is 0 Å². The van der Waals surface area contributed by atoms with Gasteiger partial charge in [0, 0.05) is 27.1 Å². The Labute approximate surface area is 275 Å². The summed E-state index contributed by atoms with van der Waals surface area (Å²) in [6, 6.07) is 29.5. The van der Waals surface area contributed by atoms with E-state index in [4.69, 9.17) is 0 Å². The second-order valence-electron chi connectivity index (χ2n) is 10.3. The van der Waals surface area contributed by atoms with Crippen molar-refractivity contribution in [2.45, 2.75) is 30.4 Å². The molecule has 4 aromatic carbocycles. The Morgan fingerprint density at radius 2 is 1.65 bits per heavy atom. The van der Waals surface area contributed by atoms with E-state index in [2.05, 4.69) is 20.9 Å². The number of hydrogen-bond acceptors (Lipinski definition) is 6. The molecule has 5 aromatic rings. The molecule has 46 heavy (non-hydrogen) atoms. The number of rotatable bonds is 11. The van der Waals surface area contributed by atoms with Crippen molar-refractivity contribution in [2.75, 3.05) is 10.6 Å². The molecule has 0 saturated heterocycles. The minimum absolute atomic E-state index is 0.0880. The second-order valence-corrected chi connectivity index (χ2v) is 12.5. The molecule has 0 aliphatic heterocycles. The Balaban J connectivity index is 1.27. The van der Waals surface area contributed by atoms with Gasteiger partial charge in [-0.25, -0.2) is 9.37 Å². The number of anilines is 2. The molecule has 5 rings (SSSR count). The number of thiazole rings is 1. The summed E-state index contributed by atoms with van der Waals surface area (Å²) in [5.41, 5.74) is 4.27. The van der Waals surface area contributed by atoms with Gasteiger partial charge in [-0.1, -0.05) is 61.0 Å². The lowest BCUT2D eigenvalue weighted by atomic mass is 10.1. The highest BCUT2D eigenvalue weighted by atomic mass is 32.2. The molecule has 1 atom stereocenters. The maximum atomic E-state index is 13.5. The van der Waals surface area contributed by atoms with E-state index in [1.807, 2.05) is 55.6 Å². The lowest BCUT2D eigenvalue weighted by molar-refractivity contribution is -0.116. The number of carbonyl (C=O) groups excluding carboxylic acids is 3. The van der Waals surface area contributed by atoms with Gasteiger partial charge in [0.05, 0.1) is 10.9 Å². The van der Waals surface area contributed by atoms with Gasteiger partial charge >= 0.3 is 0 Å². The summed E-state index contributed by atoms with van der Waals surface area (Å²) in [6.07, 6.45) is 2.18. The molecule has 3 N–H and O–H groups in total. The number of benzene rings is 4. The van der Waals surface area contributed by atoms with Gasteiger partial charge in [-0.3, -0.25) is 14.4 Å². The van der Waals surface area contributed by atoms with Gasteiger partial charge < -0.3 is 16.0 Å². The van der Waals surface area contributed by atoms with Gasteiger partial charge in [0.15, 0.2) is 5.13 Å². The molecule has 0 aliphatic rings. The number of halogens is 1. The van der Waals surface area contributed by atoms with Crippen LogP contribution < -0.4 is 16.0 Å². The van der Waals surface area contributed by atoms with Gasteiger partial charge in [0.2, 0.25) is 5.91 Å². The van der Waals surface area contributed by atoms with Gasteiger partial charge in [-0.2, -0.15) is 0 Å². The van der Waals surface area contributed by atoms with Crippen LogP contribution in [0.2, 0.25) is 0 Å². The van der Waals surface area contributed by atoms with Crippen molar-refractivity contribution < 1.29 is 18.8 Å². The molecular formula is C36H31FN4O3S2. The van der Waals surface area contributed by atoms with Crippen LogP contribution in [-0.4, -0.2) is 28.0 Å². The quantitative estimate of drug-likeness (QED) is 0.0989. The summed E-state index contributed by atoms with van der Waals surface area (Å²) in [5.74, 6) is -1.42. The Kier molecular flexibility index (Phi) is 10.7. The predicted octanol–water partition coefficient (Wildman–Crippen LogP) is 8.18. The number of nitrogens with one attached hydrogen (secondary N) is 3. The van der Waals surface area contributed by atoms with Gasteiger partial charge in [0.25, 0.3) is 11.8 Å². The summed E-state index contributed by atoms with van der Waals surface area (Å²) in [4.78, 5) is 44.9. The molecule has 10 heteroatoms. The molecule has 3 amide bonds. The van der Waals surface area contributed by atoms with Crippen molar-refractivity contribution in [2.24, 2.45) is 0 Å². The van der Waals surface area contributed by atoms with Crippen LogP contribution in [-0.2, 0) is 9.59 Å². The maximum Gasteiger partial charge on any atom is 0.272 e. The summed E-state index contributed by atoms with van der Waals surface area (Å²) in [6.45, 7) is 3.90. The topological polar surface area (TPSA) is 100 Å². The standard InChI is InChI=1S/C36H31FN4O3S2/c1-3-32(35(44)41-36-40-31(22-45-36)25-16-18-27(37)19-17-25)46-29-11-7-10-28(21-29)38-34(43)30(20-24-14-12-23(2)13-15-24)39-33(42)26-8-5-4-6-9-26/h4-22,32H,3H2,1-2H3,(H,38,43)(H,39,42)(H,40,41,44)/b30-20-. The predicted molar refractivity (Wildman–Crippen MR) is 184 cm³/mol. The fourth-order valence-electron chi connectivity index (χ4n) is 4.37.